The average molecular weight is 230 g/mol. The van der Waals surface area contributed by atoms with Gasteiger partial charge in [-0.25, -0.2) is 0 Å². The zero-order valence-corrected chi connectivity index (χ0v) is 10.3. The van der Waals surface area contributed by atoms with Crippen molar-refractivity contribution in [2.24, 2.45) is 5.73 Å². The summed E-state index contributed by atoms with van der Waals surface area (Å²) in [6.45, 7) is 6.11. The minimum atomic E-state index is -0.354. The van der Waals surface area contributed by atoms with Gasteiger partial charge in [0, 0.05) is 6.42 Å². The molecule has 1 unspecified atom stereocenters. The van der Waals surface area contributed by atoms with Gasteiger partial charge in [-0.15, -0.1) is 0 Å². The van der Waals surface area contributed by atoms with Crippen molar-refractivity contribution in [3.63, 3.8) is 0 Å². The third kappa shape index (κ3) is 7.23. The summed E-state index contributed by atoms with van der Waals surface area (Å²) in [6.07, 6.45) is 1.59. The molecule has 0 aliphatic heterocycles. The average Bonchev–Trinajstić information content (AvgIpc) is 2.16. The molecule has 0 fully saturated rings. The minimum absolute atomic E-state index is 0.0746. The van der Waals surface area contributed by atoms with Crippen LogP contribution in [0.3, 0.4) is 0 Å². The number of nitrogens with one attached hydrogen (secondary N) is 1. The Morgan fingerprint density at radius 3 is 2.44 bits per heavy atom. The van der Waals surface area contributed by atoms with E-state index in [1.165, 1.54) is 0 Å². The number of amides is 1. The van der Waals surface area contributed by atoms with Crippen molar-refractivity contribution in [3.05, 3.63) is 0 Å². The molecule has 0 bridgehead atoms. The van der Waals surface area contributed by atoms with Gasteiger partial charge >= 0.3 is 5.97 Å². The van der Waals surface area contributed by atoms with Crippen LogP contribution < -0.4 is 11.1 Å². The van der Waals surface area contributed by atoms with E-state index in [9.17, 15) is 9.59 Å². The molecule has 0 aliphatic carbocycles. The highest BCUT2D eigenvalue weighted by atomic mass is 16.5. The largest absolute Gasteiger partial charge is 0.463 e. The Labute approximate surface area is 96.7 Å². The first-order chi connectivity index (χ1) is 7.47. The van der Waals surface area contributed by atoms with Crippen LogP contribution in [0.4, 0.5) is 0 Å². The molecule has 3 N–H and O–H groups in total. The van der Waals surface area contributed by atoms with Gasteiger partial charge in [0.25, 0.3) is 0 Å². The van der Waals surface area contributed by atoms with Crippen molar-refractivity contribution in [3.8, 4) is 0 Å². The molecule has 0 aromatic carbocycles. The number of hydrogen-bond donors (Lipinski definition) is 2. The summed E-state index contributed by atoms with van der Waals surface area (Å²) < 4.78 is 4.97. The van der Waals surface area contributed by atoms with Crippen molar-refractivity contribution < 1.29 is 14.3 Å². The summed E-state index contributed by atoms with van der Waals surface area (Å²) in [5, 5.41) is 3.00. The van der Waals surface area contributed by atoms with Crippen LogP contribution >= 0.6 is 0 Å². The van der Waals surface area contributed by atoms with Gasteiger partial charge in [0.2, 0.25) is 5.91 Å². The van der Waals surface area contributed by atoms with Crippen LogP contribution in [0.15, 0.2) is 0 Å². The number of hydrogen-bond acceptors (Lipinski definition) is 4. The first-order valence-electron chi connectivity index (χ1n) is 5.69. The lowest BCUT2D eigenvalue weighted by molar-refractivity contribution is -0.147. The lowest BCUT2D eigenvalue weighted by atomic mass is 10.2. The van der Waals surface area contributed by atoms with E-state index in [4.69, 9.17) is 10.5 Å². The number of ether oxygens (including phenoxy) is 1. The smallest absolute Gasteiger partial charge is 0.306 e. The van der Waals surface area contributed by atoms with E-state index in [0.717, 1.165) is 0 Å². The number of primary amides is 1. The van der Waals surface area contributed by atoms with Crippen molar-refractivity contribution >= 4 is 11.9 Å². The van der Waals surface area contributed by atoms with Gasteiger partial charge in [-0.2, -0.15) is 0 Å². The van der Waals surface area contributed by atoms with E-state index in [1.807, 2.05) is 20.8 Å². The predicted molar refractivity (Wildman–Crippen MR) is 61.7 cm³/mol. The molecule has 0 heterocycles. The van der Waals surface area contributed by atoms with Crippen molar-refractivity contribution in [2.45, 2.75) is 52.2 Å². The van der Waals surface area contributed by atoms with Crippen LogP contribution in [-0.2, 0) is 14.3 Å². The summed E-state index contributed by atoms with van der Waals surface area (Å²) in [6, 6.07) is -0.305. The molecule has 0 saturated carbocycles. The Kier molecular flexibility index (Phi) is 7.54. The Morgan fingerprint density at radius 1 is 1.38 bits per heavy atom. The minimum Gasteiger partial charge on any atom is -0.463 e. The van der Waals surface area contributed by atoms with E-state index in [-0.39, 0.29) is 24.0 Å². The Balaban J connectivity index is 3.59. The SMILES string of the molecule is CCC(NCCCC(=O)OC(C)C)C(N)=O. The van der Waals surface area contributed by atoms with Crippen LogP contribution in [0.2, 0.25) is 0 Å². The third-order valence-electron chi connectivity index (χ3n) is 2.07. The topological polar surface area (TPSA) is 81.4 Å². The van der Waals surface area contributed by atoms with Gasteiger partial charge in [-0.3, -0.25) is 9.59 Å². The van der Waals surface area contributed by atoms with Crippen molar-refractivity contribution in [1.29, 1.82) is 0 Å². The first kappa shape index (κ1) is 14.9. The maximum atomic E-state index is 11.2. The zero-order valence-electron chi connectivity index (χ0n) is 10.3. The molecule has 0 radical (unpaired) electrons. The maximum Gasteiger partial charge on any atom is 0.306 e. The Bertz CT molecular complexity index is 229. The van der Waals surface area contributed by atoms with Crippen LogP contribution in [-0.4, -0.2) is 30.6 Å². The second kappa shape index (κ2) is 8.10. The van der Waals surface area contributed by atoms with E-state index in [1.54, 1.807) is 0 Å². The first-order valence-corrected chi connectivity index (χ1v) is 5.69. The highest BCUT2D eigenvalue weighted by Crippen LogP contribution is 1.97. The highest BCUT2D eigenvalue weighted by molar-refractivity contribution is 5.79. The fourth-order valence-electron chi connectivity index (χ4n) is 1.28. The standard InChI is InChI=1S/C11H22N2O3/c1-4-9(11(12)15)13-7-5-6-10(14)16-8(2)3/h8-9,13H,4-7H2,1-3H3,(H2,12,15). The lowest BCUT2D eigenvalue weighted by Crippen LogP contribution is -2.41. The number of carbonyl (C=O) groups excluding carboxylic acids is 2. The molecule has 0 aromatic rings. The summed E-state index contributed by atoms with van der Waals surface area (Å²) >= 11 is 0. The van der Waals surface area contributed by atoms with Gasteiger partial charge in [-0.05, 0) is 33.2 Å². The summed E-state index contributed by atoms with van der Waals surface area (Å²) in [5.41, 5.74) is 5.16. The molecule has 5 heteroatoms. The van der Waals surface area contributed by atoms with Gasteiger partial charge in [0.1, 0.15) is 0 Å². The molecule has 0 spiro atoms. The molecule has 0 aromatic heterocycles. The van der Waals surface area contributed by atoms with E-state index in [2.05, 4.69) is 5.32 Å². The van der Waals surface area contributed by atoms with Gasteiger partial charge < -0.3 is 15.8 Å². The fourth-order valence-corrected chi connectivity index (χ4v) is 1.28. The summed E-state index contributed by atoms with van der Waals surface area (Å²) in [5.74, 6) is -0.559. The molecule has 1 atom stereocenters. The number of esters is 1. The number of carbonyl (C=O) groups is 2. The molecular weight excluding hydrogens is 208 g/mol. The second-order valence-corrected chi connectivity index (χ2v) is 3.96. The Morgan fingerprint density at radius 2 is 2.00 bits per heavy atom. The zero-order chi connectivity index (χ0) is 12.6. The predicted octanol–water partition coefficient (Wildman–Crippen LogP) is 0.572. The van der Waals surface area contributed by atoms with Gasteiger partial charge in [0.05, 0.1) is 12.1 Å². The van der Waals surface area contributed by atoms with E-state index >= 15 is 0 Å². The van der Waals surface area contributed by atoms with Crippen LogP contribution in [0.1, 0.15) is 40.0 Å². The fraction of sp³-hybridized carbons (Fsp3) is 0.818. The monoisotopic (exact) mass is 230 g/mol. The molecule has 1 amide bonds. The maximum absolute atomic E-state index is 11.2. The van der Waals surface area contributed by atoms with Crippen LogP contribution in [0.25, 0.3) is 0 Å². The molecule has 5 nitrogen and oxygen atoms in total. The van der Waals surface area contributed by atoms with Crippen molar-refractivity contribution in [2.75, 3.05) is 6.54 Å². The number of nitrogens with two attached hydrogens (primary N) is 1. The summed E-state index contributed by atoms with van der Waals surface area (Å²) in [4.78, 5) is 22.0. The van der Waals surface area contributed by atoms with E-state index < -0.39 is 0 Å². The molecule has 0 saturated heterocycles. The Hall–Kier alpha value is -1.10. The lowest BCUT2D eigenvalue weighted by Gasteiger charge is -2.13. The molecule has 0 rings (SSSR count). The molecular formula is C11H22N2O3. The van der Waals surface area contributed by atoms with Gasteiger partial charge in [-0.1, -0.05) is 6.92 Å². The van der Waals surface area contributed by atoms with Crippen LogP contribution in [0.5, 0.6) is 0 Å². The second-order valence-electron chi connectivity index (χ2n) is 3.96. The quantitative estimate of drug-likeness (QED) is 0.472. The molecule has 16 heavy (non-hydrogen) atoms. The normalized spacial score (nSPS) is 12.5. The molecule has 94 valence electrons. The third-order valence-corrected chi connectivity index (χ3v) is 2.07. The van der Waals surface area contributed by atoms with Crippen molar-refractivity contribution in [1.82, 2.24) is 5.32 Å². The number of rotatable bonds is 8. The molecule has 0 aliphatic rings. The highest BCUT2D eigenvalue weighted by Gasteiger charge is 2.11. The van der Waals surface area contributed by atoms with Crippen LogP contribution in [0, 0.1) is 0 Å². The summed E-state index contributed by atoms with van der Waals surface area (Å²) in [7, 11) is 0. The van der Waals surface area contributed by atoms with Gasteiger partial charge in [0.15, 0.2) is 0 Å². The van der Waals surface area contributed by atoms with E-state index in [0.29, 0.717) is 25.8 Å².